The zero-order valence-electron chi connectivity index (χ0n) is 6.87. The summed E-state index contributed by atoms with van der Waals surface area (Å²) in [6.45, 7) is 1.01. The van der Waals surface area contributed by atoms with Gasteiger partial charge < -0.3 is 5.32 Å². The fourth-order valence-corrected chi connectivity index (χ4v) is 1.12. The Labute approximate surface area is 71.2 Å². The number of nitrogens with zero attached hydrogens (tertiary/aromatic N) is 2. The van der Waals surface area contributed by atoms with Crippen molar-refractivity contribution in [2.75, 3.05) is 23.9 Å². The zero-order chi connectivity index (χ0) is 8.10. The standard InChI is InChI=1S/C7H13N3S/c1-10-6-7(5-9-10)8-3-4-11-2/h5-6,8H,3-4H2,1-2H3. The molecule has 11 heavy (non-hydrogen) atoms. The predicted molar refractivity (Wildman–Crippen MR) is 50.1 cm³/mol. The molecule has 1 rings (SSSR count). The topological polar surface area (TPSA) is 29.9 Å². The molecule has 0 unspecified atom stereocenters. The lowest BCUT2D eigenvalue weighted by Crippen LogP contribution is -2.02. The maximum absolute atomic E-state index is 4.04. The largest absolute Gasteiger partial charge is 0.382 e. The van der Waals surface area contributed by atoms with E-state index in [2.05, 4.69) is 16.7 Å². The normalized spacial score (nSPS) is 10.0. The number of aromatic nitrogens is 2. The van der Waals surface area contributed by atoms with Crippen LogP contribution in [-0.4, -0.2) is 28.3 Å². The van der Waals surface area contributed by atoms with Crippen LogP contribution in [0.3, 0.4) is 0 Å². The molecule has 1 aromatic heterocycles. The fourth-order valence-electron chi connectivity index (χ4n) is 0.810. The van der Waals surface area contributed by atoms with E-state index in [4.69, 9.17) is 0 Å². The zero-order valence-corrected chi connectivity index (χ0v) is 7.69. The minimum Gasteiger partial charge on any atom is -0.382 e. The number of rotatable bonds is 4. The van der Waals surface area contributed by atoms with E-state index in [1.807, 2.05) is 31.2 Å². The third-order valence-corrected chi connectivity index (χ3v) is 1.95. The number of anilines is 1. The van der Waals surface area contributed by atoms with Crippen molar-refractivity contribution in [3.05, 3.63) is 12.4 Å². The van der Waals surface area contributed by atoms with Gasteiger partial charge in [-0.25, -0.2) is 0 Å². The van der Waals surface area contributed by atoms with Crippen LogP contribution in [0, 0.1) is 0 Å². The molecule has 0 saturated heterocycles. The first-order valence-electron chi connectivity index (χ1n) is 3.54. The summed E-state index contributed by atoms with van der Waals surface area (Å²) < 4.78 is 1.79. The van der Waals surface area contributed by atoms with Gasteiger partial charge in [-0.1, -0.05) is 0 Å². The molecule has 0 aliphatic heterocycles. The van der Waals surface area contributed by atoms with E-state index < -0.39 is 0 Å². The Bertz CT molecular complexity index is 209. The SMILES string of the molecule is CSCCNc1cnn(C)c1. The summed E-state index contributed by atoms with van der Waals surface area (Å²) in [5.74, 6) is 1.13. The summed E-state index contributed by atoms with van der Waals surface area (Å²) in [5.41, 5.74) is 1.10. The minimum absolute atomic E-state index is 1.01. The summed E-state index contributed by atoms with van der Waals surface area (Å²) in [7, 11) is 1.92. The summed E-state index contributed by atoms with van der Waals surface area (Å²) in [6, 6.07) is 0. The Morgan fingerprint density at radius 1 is 1.73 bits per heavy atom. The molecule has 1 N–H and O–H groups in total. The summed E-state index contributed by atoms with van der Waals surface area (Å²) >= 11 is 1.84. The second-order valence-electron chi connectivity index (χ2n) is 2.32. The molecule has 0 spiro atoms. The molecule has 3 nitrogen and oxygen atoms in total. The van der Waals surface area contributed by atoms with Gasteiger partial charge in [0.1, 0.15) is 0 Å². The molecule has 0 bridgehead atoms. The van der Waals surface area contributed by atoms with Gasteiger partial charge in [0, 0.05) is 25.5 Å². The Balaban J connectivity index is 2.27. The lowest BCUT2D eigenvalue weighted by molar-refractivity contribution is 0.768. The number of aryl methyl sites for hydroxylation is 1. The van der Waals surface area contributed by atoms with Crippen LogP contribution >= 0.6 is 11.8 Å². The van der Waals surface area contributed by atoms with E-state index >= 15 is 0 Å². The maximum atomic E-state index is 4.04. The molecule has 0 atom stereocenters. The van der Waals surface area contributed by atoms with Gasteiger partial charge in [-0.15, -0.1) is 0 Å². The van der Waals surface area contributed by atoms with Gasteiger partial charge >= 0.3 is 0 Å². The van der Waals surface area contributed by atoms with E-state index in [-0.39, 0.29) is 0 Å². The smallest absolute Gasteiger partial charge is 0.0726 e. The van der Waals surface area contributed by atoms with Crippen molar-refractivity contribution in [1.29, 1.82) is 0 Å². The first kappa shape index (κ1) is 8.46. The minimum atomic E-state index is 1.01. The maximum Gasteiger partial charge on any atom is 0.0726 e. The molecule has 0 fully saturated rings. The lowest BCUT2D eigenvalue weighted by Gasteiger charge is -1.99. The van der Waals surface area contributed by atoms with E-state index in [0.29, 0.717) is 0 Å². The quantitative estimate of drug-likeness (QED) is 0.690. The van der Waals surface area contributed by atoms with Gasteiger partial charge in [-0.2, -0.15) is 16.9 Å². The number of hydrogen-bond acceptors (Lipinski definition) is 3. The van der Waals surface area contributed by atoms with Crippen molar-refractivity contribution in [2.45, 2.75) is 0 Å². The van der Waals surface area contributed by atoms with Gasteiger partial charge in [0.05, 0.1) is 11.9 Å². The molecular weight excluding hydrogens is 158 g/mol. The third-order valence-electron chi connectivity index (χ3n) is 1.34. The van der Waals surface area contributed by atoms with Gasteiger partial charge in [0.25, 0.3) is 0 Å². The fraction of sp³-hybridized carbons (Fsp3) is 0.571. The van der Waals surface area contributed by atoms with Crippen LogP contribution in [0.15, 0.2) is 12.4 Å². The van der Waals surface area contributed by atoms with E-state index in [1.165, 1.54) is 0 Å². The van der Waals surface area contributed by atoms with Crippen molar-refractivity contribution in [3.63, 3.8) is 0 Å². The average Bonchev–Trinajstić information content (AvgIpc) is 2.37. The summed E-state index contributed by atoms with van der Waals surface area (Å²) in [6.07, 6.45) is 5.91. The molecule has 4 heteroatoms. The van der Waals surface area contributed by atoms with Gasteiger partial charge in [-0.05, 0) is 6.26 Å². The molecule has 0 aliphatic carbocycles. The third kappa shape index (κ3) is 2.84. The second-order valence-corrected chi connectivity index (χ2v) is 3.31. The van der Waals surface area contributed by atoms with Crippen molar-refractivity contribution in [2.24, 2.45) is 7.05 Å². The summed E-state index contributed by atoms with van der Waals surface area (Å²) in [5, 5.41) is 7.30. The Morgan fingerprint density at radius 2 is 2.55 bits per heavy atom. The van der Waals surface area contributed by atoms with Gasteiger partial charge in [0.15, 0.2) is 0 Å². The van der Waals surface area contributed by atoms with Crippen molar-refractivity contribution >= 4 is 17.4 Å². The van der Waals surface area contributed by atoms with Gasteiger partial charge in [-0.3, -0.25) is 4.68 Å². The number of thioether (sulfide) groups is 1. The second kappa shape index (κ2) is 4.28. The highest BCUT2D eigenvalue weighted by Gasteiger charge is 1.92. The highest BCUT2D eigenvalue weighted by molar-refractivity contribution is 7.98. The monoisotopic (exact) mass is 171 g/mol. The number of hydrogen-bond donors (Lipinski definition) is 1. The van der Waals surface area contributed by atoms with Crippen LogP contribution in [0.5, 0.6) is 0 Å². The number of nitrogens with one attached hydrogen (secondary N) is 1. The molecular formula is C7H13N3S. The van der Waals surface area contributed by atoms with Crippen molar-refractivity contribution in [1.82, 2.24) is 9.78 Å². The van der Waals surface area contributed by atoms with Crippen LogP contribution in [0.25, 0.3) is 0 Å². The Morgan fingerprint density at radius 3 is 3.09 bits per heavy atom. The van der Waals surface area contributed by atoms with Crippen molar-refractivity contribution < 1.29 is 0 Å². The van der Waals surface area contributed by atoms with Crippen LogP contribution < -0.4 is 5.32 Å². The molecule has 0 saturated carbocycles. The van der Waals surface area contributed by atoms with Crippen LogP contribution in [0.1, 0.15) is 0 Å². The molecule has 0 amide bonds. The lowest BCUT2D eigenvalue weighted by atomic mass is 10.5. The highest BCUT2D eigenvalue weighted by atomic mass is 32.2. The molecule has 62 valence electrons. The molecule has 1 heterocycles. The van der Waals surface area contributed by atoms with Crippen LogP contribution in [0.4, 0.5) is 5.69 Å². The Kier molecular flexibility index (Phi) is 3.29. The molecule has 0 radical (unpaired) electrons. The first-order chi connectivity index (χ1) is 5.33. The van der Waals surface area contributed by atoms with E-state index in [9.17, 15) is 0 Å². The van der Waals surface area contributed by atoms with Crippen LogP contribution in [-0.2, 0) is 7.05 Å². The molecule has 0 aliphatic rings. The molecule has 0 aromatic carbocycles. The highest BCUT2D eigenvalue weighted by Crippen LogP contribution is 2.02. The van der Waals surface area contributed by atoms with E-state index in [0.717, 1.165) is 18.0 Å². The van der Waals surface area contributed by atoms with Crippen LogP contribution in [0.2, 0.25) is 0 Å². The van der Waals surface area contributed by atoms with Gasteiger partial charge in [0.2, 0.25) is 0 Å². The predicted octanol–water partition coefficient (Wildman–Crippen LogP) is 1.19. The van der Waals surface area contributed by atoms with Crippen molar-refractivity contribution in [3.8, 4) is 0 Å². The average molecular weight is 171 g/mol. The summed E-state index contributed by atoms with van der Waals surface area (Å²) in [4.78, 5) is 0. The van der Waals surface area contributed by atoms with E-state index in [1.54, 1.807) is 4.68 Å². The first-order valence-corrected chi connectivity index (χ1v) is 4.94. The molecule has 1 aromatic rings. The Hall–Kier alpha value is -0.640.